The molecule has 0 heterocycles. The predicted octanol–water partition coefficient (Wildman–Crippen LogP) is 6.51. The van der Waals surface area contributed by atoms with Gasteiger partial charge in [0.2, 0.25) is 0 Å². The number of ether oxygens (including phenoxy) is 2. The molecule has 0 aromatic heterocycles. The molecule has 0 bridgehead atoms. The van der Waals surface area contributed by atoms with E-state index in [-0.39, 0.29) is 0 Å². The van der Waals surface area contributed by atoms with Crippen LogP contribution in [0.4, 0.5) is 13.2 Å². The topological polar surface area (TPSA) is 35.5 Å². The van der Waals surface area contributed by atoms with Gasteiger partial charge in [-0.15, -0.1) is 0 Å². The van der Waals surface area contributed by atoms with E-state index in [0.29, 0.717) is 29.4 Å². The summed E-state index contributed by atoms with van der Waals surface area (Å²) in [5.41, 5.74) is -0.552. The zero-order valence-electron chi connectivity index (χ0n) is 18.4. The van der Waals surface area contributed by atoms with E-state index < -0.39 is 36.7 Å². The van der Waals surface area contributed by atoms with Crippen molar-refractivity contribution in [3.63, 3.8) is 0 Å². The van der Waals surface area contributed by atoms with E-state index in [0.717, 1.165) is 0 Å². The van der Waals surface area contributed by atoms with Crippen molar-refractivity contribution in [1.29, 1.82) is 0 Å². The Bertz CT molecular complexity index is 697. The molecular weight excluding hydrogens is 397 g/mol. The van der Waals surface area contributed by atoms with Crippen molar-refractivity contribution >= 4 is 14.0 Å². The molecule has 0 amide bonds. The van der Waals surface area contributed by atoms with E-state index in [1.807, 2.05) is 20.8 Å². The number of allylic oxidation sites excluding steroid dienone is 2. The molecule has 0 saturated carbocycles. The van der Waals surface area contributed by atoms with Gasteiger partial charge in [0, 0.05) is 11.1 Å². The molecule has 0 radical (unpaired) electrons. The molecule has 0 aliphatic carbocycles. The first-order chi connectivity index (χ1) is 13.4. The van der Waals surface area contributed by atoms with Crippen molar-refractivity contribution < 1.29 is 27.4 Å². The number of carbonyl (C=O) groups is 1. The second-order valence-electron chi connectivity index (χ2n) is 7.88. The van der Waals surface area contributed by atoms with Crippen molar-refractivity contribution in [1.82, 2.24) is 0 Å². The number of hydrogen-bond acceptors (Lipinski definition) is 3. The van der Waals surface area contributed by atoms with E-state index >= 15 is 0 Å². The summed E-state index contributed by atoms with van der Waals surface area (Å²) in [6.45, 7) is 8.78. The molecule has 29 heavy (non-hydrogen) atoms. The summed E-state index contributed by atoms with van der Waals surface area (Å²) in [5.74, 6) is -0.732. The lowest BCUT2D eigenvalue weighted by molar-refractivity contribution is -0.151. The highest BCUT2D eigenvalue weighted by Gasteiger charge is 2.49. The molecule has 164 valence electrons. The van der Waals surface area contributed by atoms with Gasteiger partial charge < -0.3 is 9.47 Å². The molecule has 1 aromatic rings. The van der Waals surface area contributed by atoms with Crippen LogP contribution in [0, 0.1) is 5.41 Å². The van der Waals surface area contributed by atoms with Gasteiger partial charge in [-0.3, -0.25) is 4.79 Å². The number of halogens is 3. The van der Waals surface area contributed by atoms with Crippen molar-refractivity contribution in [2.45, 2.75) is 64.8 Å². The fourth-order valence-corrected chi connectivity index (χ4v) is 7.75. The Kier molecular flexibility index (Phi) is 8.56. The van der Waals surface area contributed by atoms with Crippen molar-refractivity contribution in [3.8, 4) is 5.75 Å². The standard InChI is InChI=1S/C22H33F3O3Si/c1-8-29(9-2,10-3)19(22(23,24)25)15-18(21(4,5)20(26)28-7)16-11-13-17(27-6)14-12-16/h11-15,18H,8-10H2,1-7H3/b19-15+. The highest BCUT2D eigenvalue weighted by Crippen LogP contribution is 2.45. The van der Waals surface area contributed by atoms with Gasteiger partial charge in [-0.1, -0.05) is 57.1 Å². The van der Waals surface area contributed by atoms with Crippen molar-refractivity contribution in [3.05, 3.63) is 41.1 Å². The predicted molar refractivity (Wildman–Crippen MR) is 113 cm³/mol. The smallest absolute Gasteiger partial charge is 0.408 e. The van der Waals surface area contributed by atoms with E-state index in [1.165, 1.54) is 20.3 Å². The van der Waals surface area contributed by atoms with Crippen LogP contribution in [0.1, 0.15) is 46.1 Å². The van der Waals surface area contributed by atoms with Gasteiger partial charge in [-0.25, -0.2) is 0 Å². The van der Waals surface area contributed by atoms with Crippen LogP contribution in [0.5, 0.6) is 5.75 Å². The number of rotatable bonds is 9. The molecule has 7 heteroatoms. The Morgan fingerprint density at radius 2 is 1.52 bits per heavy atom. The first kappa shape index (κ1) is 25.3. The molecule has 0 N–H and O–H groups in total. The maximum atomic E-state index is 14.3. The van der Waals surface area contributed by atoms with Gasteiger partial charge in [0.15, 0.2) is 0 Å². The normalized spacial score (nSPS) is 14.5. The molecule has 0 saturated heterocycles. The van der Waals surface area contributed by atoms with Crippen molar-refractivity contribution in [2.75, 3.05) is 14.2 Å². The minimum absolute atomic E-state index is 0.435. The summed E-state index contributed by atoms with van der Waals surface area (Å²) in [6.07, 6.45) is -3.13. The largest absolute Gasteiger partial charge is 0.497 e. The first-order valence-electron chi connectivity index (χ1n) is 9.95. The van der Waals surface area contributed by atoms with E-state index in [4.69, 9.17) is 9.47 Å². The maximum Gasteiger partial charge on any atom is 0.408 e. The number of carbonyl (C=O) groups excluding carboxylic acids is 1. The SMILES string of the molecule is CC[Si](CC)(CC)/C(=C/C(c1ccc(OC)cc1)C(C)(C)C(=O)OC)C(F)(F)F. The Morgan fingerprint density at radius 1 is 1.03 bits per heavy atom. The molecule has 0 spiro atoms. The van der Waals surface area contributed by atoms with Gasteiger partial charge in [0.25, 0.3) is 0 Å². The van der Waals surface area contributed by atoms with Gasteiger partial charge in [-0.05, 0) is 31.5 Å². The molecule has 3 nitrogen and oxygen atoms in total. The van der Waals surface area contributed by atoms with Crippen LogP contribution in [0.25, 0.3) is 0 Å². The summed E-state index contributed by atoms with van der Waals surface area (Å²) in [6, 6.07) is 8.32. The maximum absolute atomic E-state index is 14.3. The number of methoxy groups -OCH3 is 2. The second kappa shape index (κ2) is 9.83. The van der Waals surface area contributed by atoms with Crippen LogP contribution in [-0.4, -0.2) is 34.4 Å². The Hall–Kier alpha value is -1.76. The minimum atomic E-state index is -4.44. The number of hydrogen-bond donors (Lipinski definition) is 0. The van der Waals surface area contributed by atoms with Crippen LogP contribution in [0.3, 0.4) is 0 Å². The molecule has 1 atom stereocenters. The number of esters is 1. The zero-order chi connectivity index (χ0) is 22.5. The van der Waals surface area contributed by atoms with Gasteiger partial charge in [-0.2, -0.15) is 13.2 Å². The summed E-state index contributed by atoms with van der Waals surface area (Å²) in [5, 5.41) is -0.435. The molecule has 1 aromatic carbocycles. The van der Waals surface area contributed by atoms with Crippen molar-refractivity contribution in [2.24, 2.45) is 5.41 Å². The fraction of sp³-hybridized carbons (Fsp3) is 0.591. The Labute approximate surface area is 173 Å². The average molecular weight is 431 g/mol. The lowest BCUT2D eigenvalue weighted by Crippen LogP contribution is -2.42. The van der Waals surface area contributed by atoms with Crippen LogP contribution in [0.2, 0.25) is 18.1 Å². The highest BCUT2D eigenvalue weighted by molar-refractivity contribution is 6.86. The second-order valence-corrected chi connectivity index (χ2v) is 13.1. The molecule has 0 fully saturated rings. The molecule has 0 aliphatic heterocycles. The third-order valence-corrected chi connectivity index (χ3v) is 11.9. The lowest BCUT2D eigenvalue weighted by atomic mass is 9.74. The highest BCUT2D eigenvalue weighted by atomic mass is 28.3. The van der Waals surface area contributed by atoms with Gasteiger partial charge in [0.1, 0.15) is 5.75 Å². The van der Waals surface area contributed by atoms with E-state index in [1.54, 1.807) is 38.1 Å². The zero-order valence-corrected chi connectivity index (χ0v) is 19.4. The Balaban J connectivity index is 3.78. The van der Waals surface area contributed by atoms with Gasteiger partial charge >= 0.3 is 12.1 Å². The monoisotopic (exact) mass is 430 g/mol. The average Bonchev–Trinajstić information content (AvgIpc) is 2.70. The quantitative estimate of drug-likeness (QED) is 0.331. The molecule has 0 aliphatic rings. The Morgan fingerprint density at radius 3 is 1.86 bits per heavy atom. The molecular formula is C22H33F3O3Si. The summed E-state index contributed by atoms with van der Waals surface area (Å²) in [7, 11) is 0.0205. The lowest BCUT2D eigenvalue weighted by Gasteiger charge is -2.36. The number of benzene rings is 1. The van der Waals surface area contributed by atoms with Crippen LogP contribution in [0.15, 0.2) is 35.5 Å². The first-order valence-corrected chi connectivity index (χ1v) is 12.6. The van der Waals surface area contributed by atoms with E-state index in [9.17, 15) is 18.0 Å². The third kappa shape index (κ3) is 5.44. The summed E-state index contributed by atoms with van der Waals surface area (Å²) in [4.78, 5) is 12.5. The fourth-order valence-electron chi connectivity index (χ4n) is 3.98. The molecule has 1 unspecified atom stereocenters. The van der Waals surface area contributed by atoms with Crippen LogP contribution >= 0.6 is 0 Å². The summed E-state index contributed by atoms with van der Waals surface area (Å²) >= 11 is 0. The van der Waals surface area contributed by atoms with E-state index in [2.05, 4.69) is 0 Å². The minimum Gasteiger partial charge on any atom is -0.497 e. The van der Waals surface area contributed by atoms with Crippen LogP contribution in [-0.2, 0) is 9.53 Å². The number of alkyl halides is 3. The molecule has 1 rings (SSSR count). The summed E-state index contributed by atoms with van der Waals surface area (Å²) < 4.78 is 52.9. The van der Waals surface area contributed by atoms with Gasteiger partial charge in [0.05, 0.1) is 27.7 Å². The third-order valence-electron chi connectivity index (χ3n) is 6.20. The van der Waals surface area contributed by atoms with Crippen LogP contribution < -0.4 is 4.74 Å².